The predicted octanol–water partition coefficient (Wildman–Crippen LogP) is 0.712. The van der Waals surface area contributed by atoms with Gasteiger partial charge in [-0.3, -0.25) is 11.7 Å². The van der Waals surface area contributed by atoms with Gasteiger partial charge in [0.05, 0.1) is 0 Å². The van der Waals surface area contributed by atoms with Gasteiger partial charge in [0.25, 0.3) is 0 Å². The van der Waals surface area contributed by atoms with Crippen molar-refractivity contribution in [2.24, 2.45) is 28.2 Å². The van der Waals surface area contributed by atoms with Gasteiger partial charge < -0.3 is 11.1 Å². The maximum absolute atomic E-state index is 6.46. The number of rotatable bonds is 0. The zero-order chi connectivity index (χ0) is 12.4. The molecule has 96 valence electrons. The third kappa shape index (κ3) is 2.40. The molecule has 2 aliphatic rings. The number of hydrazine groups is 1. The largest absolute Gasteiger partial charge is 0.324 e. The molecule has 2 bridgehead atoms. The van der Waals surface area contributed by atoms with Crippen LogP contribution in [0.25, 0.3) is 0 Å². The molecule has 4 nitrogen and oxygen atoms in total. The molecule has 16 heavy (non-hydrogen) atoms. The van der Waals surface area contributed by atoms with Gasteiger partial charge in [0.1, 0.15) is 0 Å². The summed E-state index contributed by atoms with van der Waals surface area (Å²) in [5.74, 6) is 8.00. The van der Waals surface area contributed by atoms with Gasteiger partial charge in [0.2, 0.25) is 0 Å². The van der Waals surface area contributed by atoms with Crippen molar-refractivity contribution < 1.29 is 0 Å². The second kappa shape index (κ2) is 4.61. The second-order valence-corrected chi connectivity index (χ2v) is 6.42. The minimum Gasteiger partial charge on any atom is -0.324 e. The van der Waals surface area contributed by atoms with Crippen LogP contribution in [0.4, 0.5) is 0 Å². The molecule has 0 radical (unpaired) electrons. The van der Waals surface area contributed by atoms with E-state index in [2.05, 4.69) is 37.8 Å². The van der Waals surface area contributed by atoms with Gasteiger partial charge in [-0.05, 0) is 37.0 Å². The van der Waals surface area contributed by atoms with E-state index in [1.165, 1.54) is 25.7 Å². The van der Waals surface area contributed by atoms with E-state index in [0.717, 1.165) is 13.1 Å². The molecule has 1 aliphatic heterocycles. The van der Waals surface area contributed by atoms with Gasteiger partial charge in [0.15, 0.2) is 0 Å². The van der Waals surface area contributed by atoms with Crippen molar-refractivity contribution in [1.29, 1.82) is 0 Å². The Morgan fingerprint density at radius 2 is 1.62 bits per heavy atom. The molecular weight excluding hydrogens is 200 g/mol. The molecule has 0 spiro atoms. The van der Waals surface area contributed by atoms with Crippen LogP contribution in [0.2, 0.25) is 0 Å². The molecule has 3 unspecified atom stereocenters. The Hall–Kier alpha value is -0.160. The van der Waals surface area contributed by atoms with Gasteiger partial charge in [-0.15, -0.1) is 0 Å². The van der Waals surface area contributed by atoms with Gasteiger partial charge >= 0.3 is 0 Å². The number of fused-ring (bicyclic) bond motifs is 2. The molecule has 1 aliphatic carbocycles. The van der Waals surface area contributed by atoms with Crippen LogP contribution in [0.5, 0.6) is 0 Å². The number of nitrogens with one attached hydrogen (secondary N) is 1. The lowest BCUT2D eigenvalue weighted by atomic mass is 9.58. The summed E-state index contributed by atoms with van der Waals surface area (Å²) in [7, 11) is 0. The van der Waals surface area contributed by atoms with Crippen LogP contribution in [0.1, 0.15) is 46.5 Å². The van der Waals surface area contributed by atoms with Crippen molar-refractivity contribution in [1.82, 2.24) is 5.32 Å². The average Bonchev–Trinajstić information content (AvgIpc) is 2.24. The van der Waals surface area contributed by atoms with E-state index in [1.807, 2.05) is 0 Å². The topological polar surface area (TPSA) is 90.1 Å². The van der Waals surface area contributed by atoms with E-state index < -0.39 is 0 Å². The van der Waals surface area contributed by atoms with Crippen molar-refractivity contribution in [2.75, 3.05) is 13.1 Å². The smallest absolute Gasteiger partial charge is 0.0306 e. The van der Waals surface area contributed by atoms with E-state index >= 15 is 0 Å². The third-order valence-electron chi connectivity index (χ3n) is 4.75. The van der Waals surface area contributed by atoms with Gasteiger partial charge in [0, 0.05) is 18.6 Å². The molecule has 4 heteroatoms. The quantitative estimate of drug-likeness (QED) is 0.363. The summed E-state index contributed by atoms with van der Waals surface area (Å²) in [4.78, 5) is 0. The molecule has 0 aromatic carbocycles. The lowest BCUT2D eigenvalue weighted by Gasteiger charge is -2.49. The van der Waals surface area contributed by atoms with Crippen LogP contribution in [0.15, 0.2) is 0 Å². The Labute approximate surface area is 99.3 Å². The summed E-state index contributed by atoms with van der Waals surface area (Å²) in [6.07, 6.45) is 5.31. The summed E-state index contributed by atoms with van der Waals surface area (Å²) in [6, 6.07) is 0. The summed E-state index contributed by atoms with van der Waals surface area (Å²) < 4.78 is 0. The Balaban J connectivity index is 0.000000606. The minimum atomic E-state index is -0.0365. The molecule has 0 aromatic rings. The highest BCUT2D eigenvalue weighted by Gasteiger charge is 2.50. The van der Waals surface area contributed by atoms with Crippen LogP contribution in [-0.2, 0) is 0 Å². The molecule has 1 heterocycles. The molecule has 3 atom stereocenters. The summed E-state index contributed by atoms with van der Waals surface area (Å²) >= 11 is 0. The van der Waals surface area contributed by atoms with Crippen molar-refractivity contribution in [3.63, 3.8) is 0 Å². The zero-order valence-electron chi connectivity index (χ0n) is 11.0. The first-order valence-electron chi connectivity index (χ1n) is 6.20. The van der Waals surface area contributed by atoms with E-state index in [0.29, 0.717) is 10.8 Å². The van der Waals surface area contributed by atoms with E-state index in [-0.39, 0.29) is 5.54 Å². The lowest BCUT2D eigenvalue weighted by Crippen LogP contribution is -2.57. The van der Waals surface area contributed by atoms with Crippen molar-refractivity contribution >= 4 is 0 Å². The Kier molecular flexibility index (Phi) is 4.00. The summed E-state index contributed by atoms with van der Waals surface area (Å²) in [6.45, 7) is 9.14. The first kappa shape index (κ1) is 13.9. The first-order valence-corrected chi connectivity index (χ1v) is 6.20. The molecule has 1 saturated heterocycles. The average molecular weight is 228 g/mol. The van der Waals surface area contributed by atoms with Crippen LogP contribution in [-0.4, -0.2) is 18.6 Å². The Morgan fingerprint density at radius 1 is 1.00 bits per heavy atom. The minimum absolute atomic E-state index is 0.0365. The van der Waals surface area contributed by atoms with Crippen LogP contribution >= 0.6 is 0 Å². The molecule has 7 N–H and O–H groups in total. The first-order chi connectivity index (χ1) is 7.37. The highest BCUT2D eigenvalue weighted by Crippen LogP contribution is 2.51. The summed E-state index contributed by atoms with van der Waals surface area (Å²) in [5, 5.41) is 3.55. The van der Waals surface area contributed by atoms with Gasteiger partial charge in [-0.25, -0.2) is 0 Å². The lowest BCUT2D eigenvalue weighted by molar-refractivity contribution is 0.0496. The Morgan fingerprint density at radius 3 is 2.25 bits per heavy atom. The Bertz CT molecular complexity index is 241. The monoisotopic (exact) mass is 228 g/mol. The molecular formula is C12H28N4. The zero-order valence-corrected chi connectivity index (χ0v) is 11.0. The van der Waals surface area contributed by atoms with Crippen molar-refractivity contribution in [3.05, 3.63) is 0 Å². The standard InChI is InChI=1S/C12H24N2.H4N2/c1-10-5-4-6-11(2,7-10)12(3,13)9-14-8-10;1-2/h14H,4-9,13H2,1-3H3;1-2H2. The van der Waals surface area contributed by atoms with Gasteiger partial charge in [-0.2, -0.15) is 0 Å². The second-order valence-electron chi connectivity index (χ2n) is 6.42. The highest BCUT2D eigenvalue weighted by molar-refractivity contribution is 5.06. The fourth-order valence-corrected chi connectivity index (χ4v) is 3.50. The molecule has 2 rings (SSSR count). The van der Waals surface area contributed by atoms with Crippen LogP contribution in [0, 0.1) is 10.8 Å². The van der Waals surface area contributed by atoms with Crippen molar-refractivity contribution in [2.45, 2.75) is 52.0 Å². The van der Waals surface area contributed by atoms with E-state index in [9.17, 15) is 0 Å². The highest BCUT2D eigenvalue weighted by atomic mass is 15.0. The third-order valence-corrected chi connectivity index (χ3v) is 4.75. The van der Waals surface area contributed by atoms with E-state index in [1.54, 1.807) is 0 Å². The predicted molar refractivity (Wildman–Crippen MR) is 68.5 cm³/mol. The SMILES string of the molecule is CC12CCCC(C)(C1)C(C)(N)CNC2.NN. The van der Waals surface area contributed by atoms with Crippen LogP contribution in [0.3, 0.4) is 0 Å². The fourth-order valence-electron chi connectivity index (χ4n) is 3.50. The summed E-state index contributed by atoms with van der Waals surface area (Å²) in [5.41, 5.74) is 7.25. The molecule has 0 aromatic heterocycles. The molecule has 1 saturated carbocycles. The number of hydrogen-bond acceptors (Lipinski definition) is 4. The van der Waals surface area contributed by atoms with Gasteiger partial charge in [-0.1, -0.05) is 20.3 Å². The fraction of sp³-hybridized carbons (Fsp3) is 1.00. The normalized spacial score (nSPS) is 47.6. The maximum Gasteiger partial charge on any atom is 0.0306 e. The number of hydrogen-bond donors (Lipinski definition) is 4. The van der Waals surface area contributed by atoms with Crippen molar-refractivity contribution in [3.8, 4) is 0 Å². The maximum atomic E-state index is 6.46. The van der Waals surface area contributed by atoms with E-state index in [4.69, 9.17) is 5.73 Å². The molecule has 0 amide bonds. The molecule has 2 fully saturated rings. The van der Waals surface area contributed by atoms with Crippen LogP contribution < -0.4 is 22.7 Å². The number of nitrogens with two attached hydrogens (primary N) is 3.